The molecule has 21 heavy (non-hydrogen) atoms. The average molecular weight is 357 g/mol. The largest absolute Gasteiger partial charge is 0.395 e. The molecule has 2 nitrogen and oxygen atoms in total. The van der Waals surface area contributed by atoms with Gasteiger partial charge < -0.3 is 10.2 Å². The van der Waals surface area contributed by atoms with Gasteiger partial charge in [-0.25, -0.2) is 8.78 Å². The first-order chi connectivity index (χ1) is 9.99. The van der Waals surface area contributed by atoms with Gasteiger partial charge >= 0.3 is 0 Å². The van der Waals surface area contributed by atoms with Crippen molar-refractivity contribution in [3.8, 4) is 0 Å². The van der Waals surface area contributed by atoms with Gasteiger partial charge in [0, 0.05) is 16.0 Å². The summed E-state index contributed by atoms with van der Waals surface area (Å²) in [5, 5.41) is 19.5. The van der Waals surface area contributed by atoms with Gasteiger partial charge in [-0.3, -0.25) is 0 Å². The zero-order chi connectivity index (χ0) is 15.5. The zero-order valence-electron chi connectivity index (χ0n) is 11.2. The smallest absolute Gasteiger partial charge is 0.126 e. The van der Waals surface area contributed by atoms with Crippen LogP contribution < -0.4 is 0 Å². The molecule has 0 fully saturated rings. The maximum atomic E-state index is 13.3. The van der Waals surface area contributed by atoms with Gasteiger partial charge in [0.25, 0.3) is 0 Å². The molecule has 0 saturated carbocycles. The minimum atomic E-state index is -0.985. The number of aliphatic hydroxyl groups excluding tert-OH is 2. The molecule has 0 atom stereocenters. The van der Waals surface area contributed by atoms with Gasteiger partial charge in [-0.1, -0.05) is 28.1 Å². The summed E-state index contributed by atoms with van der Waals surface area (Å²) in [6.45, 7) is -0.660. The van der Waals surface area contributed by atoms with Crippen LogP contribution in [0.25, 0.3) is 0 Å². The van der Waals surface area contributed by atoms with E-state index < -0.39 is 17.0 Å². The predicted molar refractivity (Wildman–Crippen MR) is 80.1 cm³/mol. The van der Waals surface area contributed by atoms with Gasteiger partial charge in [0.1, 0.15) is 11.6 Å². The summed E-state index contributed by atoms with van der Waals surface area (Å²) < 4.78 is 27.5. The Balaban J connectivity index is 2.40. The number of benzene rings is 2. The Morgan fingerprint density at radius 2 is 1.43 bits per heavy atom. The Morgan fingerprint density at radius 3 is 1.90 bits per heavy atom. The molecule has 0 aliphatic heterocycles. The number of halogens is 3. The van der Waals surface area contributed by atoms with Gasteiger partial charge in [0.2, 0.25) is 0 Å². The third-order valence-electron chi connectivity index (χ3n) is 3.53. The van der Waals surface area contributed by atoms with E-state index in [9.17, 15) is 19.0 Å². The predicted octanol–water partition coefficient (Wildman–Crippen LogP) is 3.19. The summed E-state index contributed by atoms with van der Waals surface area (Å²) >= 11 is 3.32. The van der Waals surface area contributed by atoms with Crippen molar-refractivity contribution in [3.05, 3.63) is 69.7 Å². The van der Waals surface area contributed by atoms with Crippen LogP contribution in [0.2, 0.25) is 0 Å². The Bertz CT molecular complexity index is 590. The molecule has 0 aliphatic rings. The van der Waals surface area contributed by atoms with Gasteiger partial charge in [-0.2, -0.15) is 0 Å². The van der Waals surface area contributed by atoms with E-state index in [-0.39, 0.29) is 19.6 Å². The van der Waals surface area contributed by atoms with Crippen molar-refractivity contribution >= 4 is 15.9 Å². The van der Waals surface area contributed by atoms with Crippen molar-refractivity contribution in [1.29, 1.82) is 0 Å². The molecule has 0 aliphatic carbocycles. The molecular weight excluding hydrogens is 342 g/mol. The second kappa shape index (κ2) is 6.64. The lowest BCUT2D eigenvalue weighted by Crippen LogP contribution is -2.37. The van der Waals surface area contributed by atoms with Crippen LogP contribution in [0.5, 0.6) is 0 Å². The van der Waals surface area contributed by atoms with Gasteiger partial charge in [0.15, 0.2) is 0 Å². The van der Waals surface area contributed by atoms with E-state index in [0.717, 1.165) is 10.5 Å². The molecule has 2 rings (SSSR count). The molecule has 0 radical (unpaired) electrons. The van der Waals surface area contributed by atoms with Gasteiger partial charge in [0.05, 0.1) is 13.2 Å². The summed E-state index contributed by atoms with van der Waals surface area (Å²) in [5.74, 6) is -1.35. The molecule has 112 valence electrons. The van der Waals surface area contributed by atoms with Crippen molar-refractivity contribution in [2.45, 2.75) is 11.8 Å². The molecule has 2 aromatic carbocycles. The van der Waals surface area contributed by atoms with Crippen molar-refractivity contribution in [3.63, 3.8) is 0 Å². The molecular formula is C16H15BrF2O2. The quantitative estimate of drug-likeness (QED) is 0.863. The van der Waals surface area contributed by atoms with Crippen LogP contribution >= 0.6 is 15.9 Å². The maximum Gasteiger partial charge on any atom is 0.126 e. The normalized spacial score (nSPS) is 11.7. The molecule has 5 heteroatoms. The molecule has 0 unspecified atom stereocenters. The van der Waals surface area contributed by atoms with E-state index in [0.29, 0.717) is 11.1 Å². The van der Waals surface area contributed by atoms with Crippen LogP contribution in [-0.4, -0.2) is 23.4 Å². The third-order valence-corrected chi connectivity index (χ3v) is 4.06. The minimum absolute atomic E-state index is 0.135. The Labute approximate surface area is 130 Å². The molecule has 0 bridgehead atoms. The molecule has 2 aromatic rings. The Kier molecular flexibility index (Phi) is 5.08. The fraction of sp³-hybridized carbons (Fsp3) is 0.250. The van der Waals surface area contributed by atoms with E-state index in [1.165, 1.54) is 12.1 Å². The summed E-state index contributed by atoms with van der Waals surface area (Å²) in [6.07, 6.45) is 0.135. The Morgan fingerprint density at radius 1 is 0.905 bits per heavy atom. The van der Waals surface area contributed by atoms with E-state index in [2.05, 4.69) is 15.9 Å². The van der Waals surface area contributed by atoms with Crippen molar-refractivity contribution in [2.24, 2.45) is 0 Å². The zero-order valence-corrected chi connectivity index (χ0v) is 12.8. The van der Waals surface area contributed by atoms with E-state index >= 15 is 0 Å². The summed E-state index contributed by atoms with van der Waals surface area (Å²) in [4.78, 5) is 0. The van der Waals surface area contributed by atoms with Gasteiger partial charge in [-0.15, -0.1) is 0 Å². The lowest BCUT2D eigenvalue weighted by atomic mass is 9.77. The second-order valence-electron chi connectivity index (χ2n) is 5.06. The summed E-state index contributed by atoms with van der Waals surface area (Å²) in [6, 6.07) is 10.3. The van der Waals surface area contributed by atoms with Crippen molar-refractivity contribution in [1.82, 2.24) is 0 Å². The number of aliphatic hydroxyl groups is 2. The summed E-state index contributed by atoms with van der Waals surface area (Å²) in [5.41, 5.74) is 0.111. The second-order valence-corrected chi connectivity index (χ2v) is 5.97. The van der Waals surface area contributed by atoms with Crippen LogP contribution in [0.3, 0.4) is 0 Å². The highest BCUT2D eigenvalue weighted by atomic mass is 79.9. The van der Waals surface area contributed by atoms with Crippen LogP contribution in [0.4, 0.5) is 8.78 Å². The molecule has 2 N–H and O–H groups in total. The van der Waals surface area contributed by atoms with E-state index in [1.54, 1.807) is 24.3 Å². The highest BCUT2D eigenvalue weighted by Crippen LogP contribution is 2.29. The molecule has 0 aromatic heterocycles. The van der Waals surface area contributed by atoms with Crippen LogP contribution in [-0.2, 0) is 11.8 Å². The minimum Gasteiger partial charge on any atom is -0.395 e. The summed E-state index contributed by atoms with van der Waals surface area (Å²) in [7, 11) is 0. The SMILES string of the molecule is OCC(CO)(Cc1cc(F)cc(F)c1)c1ccc(Br)cc1. The monoisotopic (exact) mass is 356 g/mol. The molecule has 0 spiro atoms. The highest BCUT2D eigenvalue weighted by molar-refractivity contribution is 9.10. The van der Waals surface area contributed by atoms with E-state index in [4.69, 9.17) is 0 Å². The third kappa shape index (κ3) is 3.67. The maximum absolute atomic E-state index is 13.3. The van der Waals surface area contributed by atoms with E-state index in [1.807, 2.05) is 0 Å². The molecule has 0 amide bonds. The molecule has 0 heterocycles. The molecule has 0 saturated heterocycles. The van der Waals surface area contributed by atoms with Gasteiger partial charge in [-0.05, 0) is 41.8 Å². The van der Waals surface area contributed by atoms with Crippen LogP contribution in [0.1, 0.15) is 11.1 Å². The fourth-order valence-corrected chi connectivity index (χ4v) is 2.62. The van der Waals surface area contributed by atoms with Crippen LogP contribution in [0, 0.1) is 11.6 Å². The van der Waals surface area contributed by atoms with Crippen molar-refractivity contribution < 1.29 is 19.0 Å². The fourth-order valence-electron chi connectivity index (χ4n) is 2.35. The lowest BCUT2D eigenvalue weighted by Gasteiger charge is -2.30. The standard InChI is InChI=1S/C16H15BrF2O2/c17-13-3-1-12(2-4-13)16(9-20,10-21)8-11-5-14(18)7-15(19)6-11/h1-7,20-21H,8-10H2. The average Bonchev–Trinajstić information content (AvgIpc) is 2.45. The number of rotatable bonds is 5. The first-order valence-electron chi connectivity index (χ1n) is 6.42. The highest BCUT2D eigenvalue weighted by Gasteiger charge is 2.31. The Hall–Kier alpha value is -1.30. The van der Waals surface area contributed by atoms with Crippen LogP contribution in [0.15, 0.2) is 46.9 Å². The number of hydrogen-bond donors (Lipinski definition) is 2. The first-order valence-corrected chi connectivity index (χ1v) is 7.21. The number of hydrogen-bond acceptors (Lipinski definition) is 2. The van der Waals surface area contributed by atoms with Crippen molar-refractivity contribution in [2.75, 3.05) is 13.2 Å². The lowest BCUT2D eigenvalue weighted by molar-refractivity contribution is 0.116. The first kappa shape index (κ1) is 16.1. The topological polar surface area (TPSA) is 40.5 Å².